The first kappa shape index (κ1) is 16.6. The predicted octanol–water partition coefficient (Wildman–Crippen LogP) is 1.39. The summed E-state index contributed by atoms with van der Waals surface area (Å²) in [6.07, 6.45) is 1.54. The number of aliphatic hydroxyl groups excluding tert-OH is 1. The summed E-state index contributed by atoms with van der Waals surface area (Å²) in [4.78, 5) is 1.03. The van der Waals surface area contributed by atoms with Gasteiger partial charge in [-0.05, 0) is 43.0 Å². The van der Waals surface area contributed by atoms with Gasteiger partial charge in [0.2, 0.25) is 10.0 Å². The fraction of sp³-hybridized carbons (Fsp3) is 0.571. The van der Waals surface area contributed by atoms with Crippen LogP contribution in [0.3, 0.4) is 0 Å². The molecule has 21 heavy (non-hydrogen) atoms. The van der Waals surface area contributed by atoms with Gasteiger partial charge in [0.1, 0.15) is 0 Å². The smallest absolute Gasteiger partial charge is 0.214 e. The van der Waals surface area contributed by atoms with Crippen molar-refractivity contribution in [2.75, 3.05) is 36.9 Å². The van der Waals surface area contributed by atoms with Gasteiger partial charge < -0.3 is 10.8 Å². The van der Waals surface area contributed by atoms with Crippen LogP contribution in [0.25, 0.3) is 0 Å². The zero-order valence-electron chi connectivity index (χ0n) is 11.9. The molecule has 118 valence electrons. The van der Waals surface area contributed by atoms with Gasteiger partial charge >= 0.3 is 0 Å². The molecule has 0 saturated carbocycles. The molecule has 0 spiro atoms. The molecule has 0 aromatic heterocycles. The fourth-order valence-corrected chi connectivity index (χ4v) is 5.25. The van der Waals surface area contributed by atoms with Crippen molar-refractivity contribution in [3.63, 3.8) is 0 Å². The number of hydrogen-bond donors (Lipinski definition) is 2. The predicted molar refractivity (Wildman–Crippen MR) is 86.7 cm³/mol. The van der Waals surface area contributed by atoms with Crippen molar-refractivity contribution >= 4 is 27.5 Å². The van der Waals surface area contributed by atoms with Gasteiger partial charge in [-0.2, -0.15) is 0 Å². The number of rotatable bonds is 7. The Morgan fingerprint density at radius 1 is 1.33 bits per heavy atom. The Morgan fingerprint density at radius 2 is 2.05 bits per heavy atom. The molecular weight excluding hydrogens is 308 g/mol. The Balaban J connectivity index is 1.80. The number of nitrogens with two attached hydrogens (primary N) is 1. The van der Waals surface area contributed by atoms with Crippen LogP contribution in [0.2, 0.25) is 0 Å². The highest BCUT2D eigenvalue weighted by Crippen LogP contribution is 2.24. The maximum atomic E-state index is 12.3. The normalized spacial score (nSPS) is 20.0. The summed E-state index contributed by atoms with van der Waals surface area (Å²) in [6.45, 7) is 1.26. The largest absolute Gasteiger partial charge is 0.399 e. The second kappa shape index (κ2) is 7.49. The third-order valence-electron chi connectivity index (χ3n) is 3.67. The molecule has 2 rings (SSSR count). The summed E-state index contributed by atoms with van der Waals surface area (Å²) in [5.41, 5.74) is 6.32. The van der Waals surface area contributed by atoms with Crippen LogP contribution in [0.5, 0.6) is 0 Å². The van der Waals surface area contributed by atoms with Crippen LogP contribution in [-0.2, 0) is 10.0 Å². The number of nitrogens with zero attached hydrogens (tertiary/aromatic N) is 1. The van der Waals surface area contributed by atoms with E-state index in [1.54, 1.807) is 4.31 Å². The van der Waals surface area contributed by atoms with Crippen LogP contribution in [0.1, 0.15) is 12.8 Å². The lowest BCUT2D eigenvalue weighted by molar-refractivity contribution is 0.260. The van der Waals surface area contributed by atoms with Crippen molar-refractivity contribution in [1.29, 1.82) is 0 Å². The average molecular weight is 330 g/mol. The van der Waals surface area contributed by atoms with Crippen LogP contribution in [-0.4, -0.2) is 49.0 Å². The van der Waals surface area contributed by atoms with E-state index in [0.717, 1.165) is 11.3 Å². The highest BCUT2D eigenvalue weighted by Gasteiger charge is 2.30. The van der Waals surface area contributed by atoms with Gasteiger partial charge in [0.15, 0.2) is 0 Å². The second-order valence-corrected chi connectivity index (χ2v) is 8.52. The highest BCUT2D eigenvalue weighted by atomic mass is 32.2. The number of thioether (sulfide) groups is 1. The van der Waals surface area contributed by atoms with E-state index in [1.165, 1.54) is 11.8 Å². The first-order chi connectivity index (χ1) is 10.0. The van der Waals surface area contributed by atoms with E-state index in [2.05, 4.69) is 0 Å². The van der Waals surface area contributed by atoms with Crippen molar-refractivity contribution < 1.29 is 13.5 Å². The molecule has 7 heteroatoms. The number of hydrogen-bond acceptors (Lipinski definition) is 5. The average Bonchev–Trinajstić information content (AvgIpc) is 2.91. The maximum Gasteiger partial charge on any atom is 0.214 e. The topological polar surface area (TPSA) is 83.6 Å². The van der Waals surface area contributed by atoms with Gasteiger partial charge in [0, 0.05) is 36.0 Å². The van der Waals surface area contributed by atoms with Crippen molar-refractivity contribution in [3.8, 4) is 0 Å². The van der Waals surface area contributed by atoms with Crippen molar-refractivity contribution in [3.05, 3.63) is 24.3 Å². The van der Waals surface area contributed by atoms with Crippen molar-refractivity contribution in [1.82, 2.24) is 4.31 Å². The lowest BCUT2D eigenvalue weighted by Crippen LogP contribution is -2.31. The quantitative estimate of drug-likeness (QED) is 0.583. The van der Waals surface area contributed by atoms with E-state index in [9.17, 15) is 8.42 Å². The van der Waals surface area contributed by atoms with Crippen LogP contribution in [0.4, 0.5) is 5.69 Å². The van der Waals surface area contributed by atoms with Crippen molar-refractivity contribution in [2.45, 2.75) is 17.7 Å². The second-order valence-electron chi connectivity index (χ2n) is 5.26. The van der Waals surface area contributed by atoms with Crippen LogP contribution in [0, 0.1) is 5.92 Å². The monoisotopic (exact) mass is 330 g/mol. The van der Waals surface area contributed by atoms with Gasteiger partial charge in [0.05, 0.1) is 5.75 Å². The Bertz CT molecular complexity index is 546. The molecular formula is C14H22N2O3S2. The number of aliphatic hydroxyl groups is 1. The van der Waals surface area contributed by atoms with Gasteiger partial charge in [-0.15, -0.1) is 11.8 Å². The first-order valence-corrected chi connectivity index (χ1v) is 9.68. The highest BCUT2D eigenvalue weighted by molar-refractivity contribution is 8.00. The molecule has 1 aromatic rings. The summed E-state index contributed by atoms with van der Waals surface area (Å²) in [7, 11) is -3.18. The van der Waals surface area contributed by atoms with Crippen LogP contribution >= 0.6 is 11.8 Å². The zero-order valence-corrected chi connectivity index (χ0v) is 13.6. The summed E-state index contributed by atoms with van der Waals surface area (Å²) in [6, 6.07) is 7.44. The van der Waals surface area contributed by atoms with E-state index in [-0.39, 0.29) is 12.4 Å². The summed E-state index contributed by atoms with van der Waals surface area (Å²) in [5, 5.41) is 8.92. The first-order valence-electron chi connectivity index (χ1n) is 7.08. The summed E-state index contributed by atoms with van der Waals surface area (Å²) >= 11 is 1.52. The lowest BCUT2D eigenvalue weighted by Gasteiger charge is -2.16. The minimum atomic E-state index is -3.18. The third kappa shape index (κ3) is 4.88. The minimum absolute atomic E-state index is 0.131. The van der Waals surface area contributed by atoms with Crippen molar-refractivity contribution in [2.24, 2.45) is 5.92 Å². The zero-order chi connectivity index (χ0) is 15.3. The van der Waals surface area contributed by atoms with E-state index < -0.39 is 10.0 Å². The molecule has 1 fully saturated rings. The molecule has 3 N–H and O–H groups in total. The molecule has 1 aromatic carbocycles. The number of anilines is 1. The fourth-order valence-electron chi connectivity index (χ4n) is 2.43. The molecule has 1 atom stereocenters. The van der Waals surface area contributed by atoms with Crippen LogP contribution in [0.15, 0.2) is 29.2 Å². The Kier molecular flexibility index (Phi) is 5.92. The Hall–Kier alpha value is -0.760. The molecule has 0 bridgehead atoms. The van der Waals surface area contributed by atoms with E-state index in [0.29, 0.717) is 36.9 Å². The molecule has 1 heterocycles. The molecule has 1 aliphatic rings. The minimum Gasteiger partial charge on any atom is -0.399 e. The van der Waals surface area contributed by atoms with Gasteiger partial charge in [-0.1, -0.05) is 0 Å². The molecule has 1 saturated heterocycles. The number of sulfonamides is 1. The Morgan fingerprint density at radius 3 is 2.71 bits per heavy atom. The lowest BCUT2D eigenvalue weighted by atomic mass is 10.1. The maximum absolute atomic E-state index is 12.3. The number of benzene rings is 1. The number of nitrogen functional groups attached to an aromatic ring is 1. The third-order valence-corrected chi connectivity index (χ3v) is 6.78. The van der Waals surface area contributed by atoms with E-state index in [1.807, 2.05) is 24.3 Å². The van der Waals surface area contributed by atoms with Gasteiger partial charge in [0.25, 0.3) is 0 Å². The SMILES string of the molecule is Nc1ccc(SCCS(=O)(=O)N2CCC(CCO)C2)cc1. The molecule has 5 nitrogen and oxygen atoms in total. The molecule has 0 radical (unpaired) electrons. The van der Waals surface area contributed by atoms with Gasteiger partial charge in [-0.25, -0.2) is 12.7 Å². The van der Waals surface area contributed by atoms with Crippen LogP contribution < -0.4 is 5.73 Å². The Labute approximate surface area is 130 Å². The van der Waals surface area contributed by atoms with E-state index in [4.69, 9.17) is 10.8 Å². The molecule has 0 amide bonds. The van der Waals surface area contributed by atoms with Gasteiger partial charge in [-0.3, -0.25) is 0 Å². The summed E-state index contributed by atoms with van der Waals surface area (Å²) in [5.74, 6) is 0.982. The molecule has 1 unspecified atom stereocenters. The summed E-state index contributed by atoms with van der Waals surface area (Å²) < 4.78 is 26.1. The molecule has 1 aliphatic heterocycles. The molecule has 0 aliphatic carbocycles. The standard InChI is InChI=1S/C14H22N2O3S2/c15-13-1-3-14(4-2-13)20-9-10-21(18,19)16-7-5-12(11-16)6-8-17/h1-4,12,17H,5-11,15H2. The van der Waals surface area contributed by atoms with E-state index >= 15 is 0 Å².